The highest BCUT2D eigenvalue weighted by atomic mass is 16.5. The minimum absolute atomic E-state index is 0.00608. The van der Waals surface area contributed by atoms with E-state index in [2.05, 4.69) is 11.9 Å². The molecule has 1 fully saturated rings. The van der Waals surface area contributed by atoms with E-state index in [4.69, 9.17) is 9.47 Å². The zero-order chi connectivity index (χ0) is 26.0. The number of nitrogens with one attached hydrogen (secondary N) is 1. The van der Waals surface area contributed by atoms with Crippen molar-refractivity contribution < 1.29 is 29.0 Å². The van der Waals surface area contributed by atoms with Crippen LogP contribution in [0.2, 0.25) is 0 Å². The number of rotatable bonds is 8. The molecule has 0 radical (unpaired) electrons. The SMILES string of the molecule is C=C1CC(CCCC(=O)C(C)/C=C(\C)C2OC(=O)/C=C/CC/C=C/C(OC)C(O)C2C)CC(=O)N1. The highest BCUT2D eigenvalue weighted by Crippen LogP contribution is 2.27. The summed E-state index contributed by atoms with van der Waals surface area (Å²) < 4.78 is 11.2. The summed E-state index contributed by atoms with van der Waals surface area (Å²) in [5.74, 6) is -0.979. The molecule has 2 aliphatic rings. The Bertz CT molecular complexity index is 842. The molecule has 2 rings (SSSR count). The predicted octanol–water partition coefficient (Wildman–Crippen LogP) is 4.18. The lowest BCUT2D eigenvalue weighted by Crippen LogP contribution is -2.41. The molecule has 35 heavy (non-hydrogen) atoms. The highest BCUT2D eigenvalue weighted by Gasteiger charge is 2.33. The van der Waals surface area contributed by atoms with E-state index in [1.807, 2.05) is 39.0 Å². The largest absolute Gasteiger partial charge is 0.454 e. The molecular weight excluding hydrogens is 446 g/mol. The van der Waals surface area contributed by atoms with Crippen molar-refractivity contribution in [3.63, 3.8) is 0 Å². The summed E-state index contributed by atoms with van der Waals surface area (Å²) in [5, 5.41) is 13.7. The number of hydrogen-bond donors (Lipinski definition) is 2. The summed E-state index contributed by atoms with van der Waals surface area (Å²) >= 11 is 0. The molecule has 194 valence electrons. The van der Waals surface area contributed by atoms with Crippen LogP contribution in [0.4, 0.5) is 0 Å². The molecule has 2 N–H and O–H groups in total. The van der Waals surface area contributed by atoms with E-state index in [9.17, 15) is 19.5 Å². The quantitative estimate of drug-likeness (QED) is 0.393. The summed E-state index contributed by atoms with van der Waals surface area (Å²) in [5.41, 5.74) is 1.46. The van der Waals surface area contributed by atoms with Gasteiger partial charge in [0.05, 0.1) is 6.10 Å². The molecule has 7 nitrogen and oxygen atoms in total. The van der Waals surface area contributed by atoms with Gasteiger partial charge in [0.2, 0.25) is 5.91 Å². The van der Waals surface area contributed by atoms with Crippen LogP contribution in [0.3, 0.4) is 0 Å². The van der Waals surface area contributed by atoms with Crippen LogP contribution < -0.4 is 5.32 Å². The standard InChI is InChI=1S/C28H41NO6/c1-18(23(30)12-10-11-22-16-20(3)29-25(31)17-22)15-19(2)28-21(4)27(33)24(34-5)13-8-6-7-9-14-26(32)35-28/h8-9,13-15,18,21-22,24,27-28,33H,3,6-7,10-12,16-17H2,1-2,4-5H3,(H,29,31)/b13-8+,14-9+,19-15+. The van der Waals surface area contributed by atoms with Crippen molar-refractivity contribution in [1.82, 2.24) is 5.32 Å². The second-order valence-electron chi connectivity index (χ2n) is 9.80. The molecule has 0 bridgehead atoms. The number of piperidine rings is 1. The van der Waals surface area contributed by atoms with Crippen molar-refractivity contribution in [3.8, 4) is 0 Å². The molecule has 0 aromatic rings. The van der Waals surface area contributed by atoms with Crippen LogP contribution in [-0.2, 0) is 23.9 Å². The lowest BCUT2D eigenvalue weighted by Gasteiger charge is -2.31. The average molecular weight is 488 g/mol. The van der Waals surface area contributed by atoms with E-state index in [0.29, 0.717) is 25.7 Å². The Hall–Kier alpha value is -2.51. The van der Waals surface area contributed by atoms with Gasteiger partial charge in [0, 0.05) is 43.6 Å². The minimum Gasteiger partial charge on any atom is -0.454 e. The van der Waals surface area contributed by atoms with E-state index >= 15 is 0 Å². The van der Waals surface area contributed by atoms with Gasteiger partial charge in [-0.15, -0.1) is 0 Å². The van der Waals surface area contributed by atoms with E-state index in [1.54, 1.807) is 6.08 Å². The predicted molar refractivity (Wildman–Crippen MR) is 135 cm³/mol. The molecule has 1 saturated heterocycles. The van der Waals surface area contributed by atoms with Gasteiger partial charge in [-0.05, 0) is 50.5 Å². The fraction of sp³-hybridized carbons (Fsp3) is 0.607. The van der Waals surface area contributed by atoms with Crippen LogP contribution in [0.1, 0.15) is 65.7 Å². The lowest BCUT2D eigenvalue weighted by atomic mass is 9.86. The molecule has 1 amide bonds. The Morgan fingerprint density at radius 1 is 1.31 bits per heavy atom. The van der Waals surface area contributed by atoms with E-state index in [-0.39, 0.29) is 23.5 Å². The Morgan fingerprint density at radius 3 is 2.71 bits per heavy atom. The third-order valence-electron chi connectivity index (χ3n) is 6.78. The Balaban J connectivity index is 2.05. The van der Waals surface area contributed by atoms with Crippen molar-refractivity contribution in [2.75, 3.05) is 7.11 Å². The fourth-order valence-corrected chi connectivity index (χ4v) is 4.75. The Morgan fingerprint density at radius 2 is 2.03 bits per heavy atom. The van der Waals surface area contributed by atoms with Gasteiger partial charge in [-0.1, -0.05) is 44.7 Å². The smallest absolute Gasteiger partial charge is 0.331 e. The molecule has 7 heteroatoms. The zero-order valence-corrected chi connectivity index (χ0v) is 21.5. The lowest BCUT2D eigenvalue weighted by molar-refractivity contribution is -0.146. The molecular formula is C28H41NO6. The Kier molecular flexibility index (Phi) is 11.6. The number of methoxy groups -OCH3 is 1. The van der Waals surface area contributed by atoms with E-state index < -0.39 is 30.2 Å². The van der Waals surface area contributed by atoms with Crippen LogP contribution >= 0.6 is 0 Å². The van der Waals surface area contributed by atoms with Crippen LogP contribution in [0.5, 0.6) is 0 Å². The number of allylic oxidation sites excluding steroid dienone is 4. The van der Waals surface area contributed by atoms with Gasteiger partial charge >= 0.3 is 5.97 Å². The number of Topliss-reactive ketones (excluding diaryl/α,β-unsaturated/α-hetero) is 1. The number of esters is 1. The molecule has 2 heterocycles. The minimum atomic E-state index is -0.894. The number of cyclic esters (lactones) is 1. The summed E-state index contributed by atoms with van der Waals surface area (Å²) in [4.78, 5) is 36.9. The molecule has 0 saturated carbocycles. The number of carbonyl (C=O) groups is 3. The topological polar surface area (TPSA) is 102 Å². The normalized spacial score (nSPS) is 31.4. The van der Waals surface area contributed by atoms with Gasteiger partial charge in [0.15, 0.2) is 0 Å². The molecule has 2 aliphatic heterocycles. The first-order chi connectivity index (χ1) is 16.6. The third-order valence-corrected chi connectivity index (χ3v) is 6.78. The maximum atomic E-state index is 12.8. The van der Waals surface area contributed by atoms with Gasteiger partial charge in [-0.3, -0.25) is 9.59 Å². The van der Waals surface area contributed by atoms with Crippen molar-refractivity contribution in [3.05, 3.63) is 48.2 Å². The number of ketones is 1. The first-order valence-corrected chi connectivity index (χ1v) is 12.6. The van der Waals surface area contributed by atoms with Crippen LogP contribution in [-0.4, -0.2) is 48.2 Å². The monoisotopic (exact) mass is 487 g/mol. The third kappa shape index (κ3) is 9.22. The highest BCUT2D eigenvalue weighted by molar-refractivity contribution is 5.83. The number of hydrogen-bond acceptors (Lipinski definition) is 6. The molecule has 0 aromatic heterocycles. The molecule has 0 spiro atoms. The summed E-state index contributed by atoms with van der Waals surface area (Å²) in [7, 11) is 1.54. The van der Waals surface area contributed by atoms with Gasteiger partial charge < -0.3 is 19.9 Å². The number of ether oxygens (including phenoxy) is 2. The molecule has 6 atom stereocenters. The average Bonchev–Trinajstić information content (AvgIpc) is 2.79. The van der Waals surface area contributed by atoms with E-state index in [1.165, 1.54) is 13.2 Å². The van der Waals surface area contributed by atoms with Crippen LogP contribution in [0.25, 0.3) is 0 Å². The van der Waals surface area contributed by atoms with Crippen molar-refractivity contribution in [1.29, 1.82) is 0 Å². The van der Waals surface area contributed by atoms with Crippen molar-refractivity contribution in [2.24, 2.45) is 17.8 Å². The summed E-state index contributed by atoms with van der Waals surface area (Å²) in [6.07, 6.45) is 11.2. The first-order valence-electron chi connectivity index (χ1n) is 12.6. The van der Waals surface area contributed by atoms with Crippen LogP contribution in [0, 0.1) is 17.8 Å². The fourth-order valence-electron chi connectivity index (χ4n) is 4.75. The second-order valence-corrected chi connectivity index (χ2v) is 9.80. The van der Waals surface area contributed by atoms with Gasteiger partial charge in [-0.25, -0.2) is 4.79 Å². The summed E-state index contributed by atoms with van der Waals surface area (Å²) in [6, 6.07) is 0. The number of amides is 1. The van der Waals surface area contributed by atoms with Gasteiger partial charge in [0.25, 0.3) is 0 Å². The van der Waals surface area contributed by atoms with Crippen LogP contribution in [0.15, 0.2) is 48.2 Å². The number of aliphatic hydroxyl groups excluding tert-OH is 1. The number of carbonyl (C=O) groups excluding carboxylic acids is 3. The van der Waals surface area contributed by atoms with Gasteiger partial charge in [-0.2, -0.15) is 0 Å². The summed E-state index contributed by atoms with van der Waals surface area (Å²) in [6.45, 7) is 9.32. The number of aliphatic hydroxyl groups is 1. The first kappa shape index (κ1) is 28.7. The Labute approximate surface area is 209 Å². The molecule has 0 aliphatic carbocycles. The van der Waals surface area contributed by atoms with Crippen molar-refractivity contribution in [2.45, 2.75) is 84.0 Å². The molecule has 6 unspecified atom stereocenters. The maximum absolute atomic E-state index is 12.8. The van der Waals surface area contributed by atoms with Crippen molar-refractivity contribution >= 4 is 17.7 Å². The molecule has 0 aromatic carbocycles. The van der Waals surface area contributed by atoms with Gasteiger partial charge in [0.1, 0.15) is 18.0 Å². The zero-order valence-electron chi connectivity index (χ0n) is 21.5. The van der Waals surface area contributed by atoms with E-state index in [0.717, 1.165) is 30.5 Å². The maximum Gasteiger partial charge on any atom is 0.331 e. The second kappa shape index (κ2) is 14.1.